The minimum absolute atomic E-state index is 0.0274. The number of nitrogens with zero attached hydrogens (tertiary/aromatic N) is 3. The molecule has 9 nitrogen and oxygen atoms in total. The van der Waals surface area contributed by atoms with Crippen LogP contribution in [0, 0.1) is 0 Å². The molecule has 0 saturated carbocycles. The number of carbonyl (C=O) groups excluding carboxylic acids is 2. The molecule has 0 aliphatic heterocycles. The van der Waals surface area contributed by atoms with Crippen LogP contribution in [0.15, 0.2) is 53.8 Å². The first-order chi connectivity index (χ1) is 13.4. The number of aromatic nitrogens is 2. The van der Waals surface area contributed by atoms with Gasteiger partial charge in [0, 0.05) is 31.4 Å². The lowest BCUT2D eigenvalue weighted by molar-refractivity contribution is 0.0945. The van der Waals surface area contributed by atoms with Gasteiger partial charge in [0.1, 0.15) is 11.4 Å². The van der Waals surface area contributed by atoms with Crippen LogP contribution in [0.1, 0.15) is 21.0 Å². The van der Waals surface area contributed by atoms with E-state index in [1.807, 2.05) is 24.3 Å². The number of nitrogens with two attached hydrogens (primary N) is 2. The average molecular weight is 379 g/mol. The summed E-state index contributed by atoms with van der Waals surface area (Å²) in [7, 11) is 1.72. The summed E-state index contributed by atoms with van der Waals surface area (Å²) < 4.78 is 1.62. The van der Waals surface area contributed by atoms with E-state index in [2.05, 4.69) is 20.6 Å². The molecular weight excluding hydrogens is 358 g/mol. The number of rotatable bonds is 6. The summed E-state index contributed by atoms with van der Waals surface area (Å²) >= 11 is 0. The van der Waals surface area contributed by atoms with Crippen LogP contribution >= 0.6 is 0 Å². The quantitative estimate of drug-likeness (QED) is 0.285. The zero-order valence-electron chi connectivity index (χ0n) is 15.3. The molecule has 0 bridgehead atoms. The van der Waals surface area contributed by atoms with Gasteiger partial charge in [0.05, 0.1) is 12.2 Å². The van der Waals surface area contributed by atoms with Crippen molar-refractivity contribution in [2.45, 2.75) is 0 Å². The topological polar surface area (TPSA) is 140 Å². The maximum atomic E-state index is 12.5. The number of aliphatic imine (C=N–C) groups is 1. The minimum Gasteiger partial charge on any atom is -0.370 e. The Balaban J connectivity index is 1.67. The Morgan fingerprint density at radius 2 is 1.89 bits per heavy atom. The van der Waals surface area contributed by atoms with Crippen molar-refractivity contribution in [1.29, 1.82) is 0 Å². The van der Waals surface area contributed by atoms with Crippen LogP contribution in [-0.2, 0) is 7.05 Å². The van der Waals surface area contributed by atoms with E-state index in [-0.39, 0.29) is 24.3 Å². The number of guanidine groups is 1. The third-order valence-corrected chi connectivity index (χ3v) is 4.05. The molecule has 28 heavy (non-hydrogen) atoms. The predicted octanol–water partition coefficient (Wildman–Crippen LogP) is 0.829. The van der Waals surface area contributed by atoms with Crippen LogP contribution in [0.25, 0.3) is 10.8 Å². The second-order valence-corrected chi connectivity index (χ2v) is 6.16. The van der Waals surface area contributed by atoms with E-state index in [0.717, 1.165) is 10.8 Å². The number of fused-ring (bicyclic) bond motifs is 1. The van der Waals surface area contributed by atoms with E-state index in [1.54, 1.807) is 36.1 Å². The number of pyridine rings is 1. The van der Waals surface area contributed by atoms with Crippen LogP contribution in [0.4, 0.5) is 5.69 Å². The molecular formula is C19H21N7O2. The van der Waals surface area contributed by atoms with Gasteiger partial charge in [0.25, 0.3) is 11.8 Å². The Labute approximate surface area is 161 Å². The van der Waals surface area contributed by atoms with Gasteiger partial charge in [-0.3, -0.25) is 19.6 Å². The summed E-state index contributed by atoms with van der Waals surface area (Å²) in [5, 5.41) is 7.36. The standard InChI is InChI=1S/C19H21N7O2/c1-26-11-14(9-16(26)18(28)22-6-7-23-19(20)21)25-17(27)15-8-12-4-2-3-5-13(12)10-24-15/h2-5,8-11H,6-7H2,1H3,(H,22,28)(H,25,27)(H4,20,21,23). The molecule has 6 N–H and O–H groups in total. The van der Waals surface area contributed by atoms with Crippen molar-refractivity contribution < 1.29 is 9.59 Å². The molecule has 3 rings (SSSR count). The monoisotopic (exact) mass is 379 g/mol. The molecule has 2 amide bonds. The summed E-state index contributed by atoms with van der Waals surface area (Å²) in [6.07, 6.45) is 3.31. The van der Waals surface area contributed by atoms with Gasteiger partial charge in [0.2, 0.25) is 0 Å². The first-order valence-corrected chi connectivity index (χ1v) is 8.60. The zero-order chi connectivity index (χ0) is 20.1. The maximum Gasteiger partial charge on any atom is 0.274 e. The van der Waals surface area contributed by atoms with Gasteiger partial charge in [0.15, 0.2) is 5.96 Å². The Morgan fingerprint density at radius 1 is 1.14 bits per heavy atom. The number of amides is 2. The summed E-state index contributed by atoms with van der Waals surface area (Å²) in [5.41, 5.74) is 11.7. The highest BCUT2D eigenvalue weighted by Gasteiger charge is 2.14. The van der Waals surface area contributed by atoms with E-state index in [0.29, 0.717) is 23.6 Å². The molecule has 3 aromatic rings. The second kappa shape index (κ2) is 8.21. The predicted molar refractivity (Wildman–Crippen MR) is 108 cm³/mol. The zero-order valence-corrected chi connectivity index (χ0v) is 15.3. The van der Waals surface area contributed by atoms with E-state index >= 15 is 0 Å². The molecule has 0 atom stereocenters. The van der Waals surface area contributed by atoms with Crippen molar-refractivity contribution in [3.05, 3.63) is 60.2 Å². The average Bonchev–Trinajstić information content (AvgIpc) is 3.04. The molecule has 1 aromatic carbocycles. The lowest BCUT2D eigenvalue weighted by Gasteiger charge is -2.04. The Kier molecular flexibility index (Phi) is 5.54. The van der Waals surface area contributed by atoms with E-state index in [9.17, 15) is 9.59 Å². The van der Waals surface area contributed by atoms with Crippen LogP contribution < -0.4 is 22.1 Å². The van der Waals surface area contributed by atoms with Crippen LogP contribution in [0.3, 0.4) is 0 Å². The minimum atomic E-state index is -0.351. The lowest BCUT2D eigenvalue weighted by atomic mass is 10.1. The van der Waals surface area contributed by atoms with Gasteiger partial charge in [-0.2, -0.15) is 0 Å². The molecule has 0 unspecified atom stereocenters. The largest absolute Gasteiger partial charge is 0.370 e. The van der Waals surface area contributed by atoms with Crippen LogP contribution in [-0.4, -0.2) is 40.4 Å². The highest BCUT2D eigenvalue weighted by atomic mass is 16.2. The molecule has 0 aliphatic rings. The molecule has 144 valence electrons. The Morgan fingerprint density at radius 3 is 2.64 bits per heavy atom. The van der Waals surface area contributed by atoms with Crippen molar-refractivity contribution >= 4 is 34.2 Å². The summed E-state index contributed by atoms with van der Waals surface area (Å²) in [4.78, 5) is 32.8. The van der Waals surface area contributed by atoms with E-state index in [1.165, 1.54) is 0 Å². The van der Waals surface area contributed by atoms with Crippen molar-refractivity contribution in [1.82, 2.24) is 14.9 Å². The van der Waals surface area contributed by atoms with Gasteiger partial charge in [-0.05, 0) is 17.5 Å². The molecule has 2 aromatic heterocycles. The highest BCUT2D eigenvalue weighted by molar-refractivity contribution is 6.05. The number of anilines is 1. The second-order valence-electron chi connectivity index (χ2n) is 6.16. The first kappa shape index (κ1) is 18.9. The number of aryl methyl sites for hydroxylation is 1. The summed E-state index contributed by atoms with van der Waals surface area (Å²) in [5.74, 6) is -0.672. The molecule has 9 heteroatoms. The fraction of sp³-hybridized carbons (Fsp3) is 0.158. The first-order valence-electron chi connectivity index (χ1n) is 8.60. The SMILES string of the molecule is Cn1cc(NC(=O)c2cc3ccccc3cn2)cc1C(=O)NCCN=C(N)N. The highest BCUT2D eigenvalue weighted by Crippen LogP contribution is 2.16. The number of nitrogens with one attached hydrogen (secondary N) is 2. The Bertz CT molecular complexity index is 1050. The molecule has 0 fully saturated rings. The third kappa shape index (κ3) is 4.44. The normalized spacial score (nSPS) is 10.5. The van der Waals surface area contributed by atoms with Gasteiger partial charge in [-0.15, -0.1) is 0 Å². The summed E-state index contributed by atoms with van der Waals surface area (Å²) in [6, 6.07) is 11.0. The number of benzene rings is 1. The van der Waals surface area contributed by atoms with Crippen LogP contribution in [0.5, 0.6) is 0 Å². The van der Waals surface area contributed by atoms with E-state index < -0.39 is 0 Å². The van der Waals surface area contributed by atoms with Gasteiger partial charge >= 0.3 is 0 Å². The molecule has 0 spiro atoms. The van der Waals surface area contributed by atoms with Crippen molar-refractivity contribution in [2.75, 3.05) is 18.4 Å². The number of hydrogen-bond acceptors (Lipinski definition) is 4. The Hall–Kier alpha value is -3.88. The van der Waals surface area contributed by atoms with Crippen molar-refractivity contribution in [2.24, 2.45) is 23.5 Å². The fourth-order valence-corrected chi connectivity index (χ4v) is 2.71. The number of hydrogen-bond donors (Lipinski definition) is 4. The van der Waals surface area contributed by atoms with Gasteiger partial charge in [-0.25, -0.2) is 0 Å². The van der Waals surface area contributed by atoms with E-state index in [4.69, 9.17) is 11.5 Å². The van der Waals surface area contributed by atoms with Gasteiger partial charge in [-0.1, -0.05) is 24.3 Å². The maximum absolute atomic E-state index is 12.5. The molecule has 0 saturated heterocycles. The summed E-state index contributed by atoms with van der Waals surface area (Å²) in [6.45, 7) is 0.584. The third-order valence-electron chi connectivity index (χ3n) is 4.05. The van der Waals surface area contributed by atoms with Gasteiger partial charge < -0.3 is 26.7 Å². The number of carbonyl (C=O) groups is 2. The fourth-order valence-electron chi connectivity index (χ4n) is 2.71. The smallest absolute Gasteiger partial charge is 0.274 e. The molecule has 2 heterocycles. The van der Waals surface area contributed by atoms with Crippen molar-refractivity contribution in [3.63, 3.8) is 0 Å². The lowest BCUT2D eigenvalue weighted by Crippen LogP contribution is -2.29. The molecule has 0 aliphatic carbocycles. The van der Waals surface area contributed by atoms with Crippen LogP contribution in [0.2, 0.25) is 0 Å². The molecule has 0 radical (unpaired) electrons. The van der Waals surface area contributed by atoms with Crippen molar-refractivity contribution in [3.8, 4) is 0 Å².